The summed E-state index contributed by atoms with van der Waals surface area (Å²) in [6, 6.07) is 8.20. The van der Waals surface area contributed by atoms with Gasteiger partial charge in [0.25, 0.3) is 10.0 Å². The number of aromatic nitrogens is 1. The molecule has 7 nitrogen and oxygen atoms in total. The molecule has 8 heteroatoms. The number of nitrogens with zero attached hydrogens (tertiary/aromatic N) is 2. The number of nitrogens with one attached hydrogen (secondary N) is 1. The minimum absolute atomic E-state index is 0.0000758. The Hall–Kier alpha value is -2.48. The van der Waals surface area contributed by atoms with Gasteiger partial charge in [0.05, 0.1) is 26.1 Å². The van der Waals surface area contributed by atoms with Gasteiger partial charge in [-0.2, -0.15) is 0 Å². The summed E-state index contributed by atoms with van der Waals surface area (Å²) >= 11 is 0. The molecule has 0 spiro atoms. The number of benzene rings is 1. The molecule has 1 N–H and O–H groups in total. The van der Waals surface area contributed by atoms with Crippen LogP contribution in [0.4, 0.5) is 11.5 Å². The fraction of sp³-hybridized carbons (Fsp3) is 0.421. The molecule has 2 heterocycles. The van der Waals surface area contributed by atoms with E-state index in [1.54, 1.807) is 24.4 Å². The number of hydrogen-bond acceptors (Lipinski definition) is 6. The second-order valence-corrected chi connectivity index (χ2v) is 8.37. The average molecular weight is 391 g/mol. The summed E-state index contributed by atoms with van der Waals surface area (Å²) in [5, 5.41) is 0. The highest BCUT2D eigenvalue weighted by Crippen LogP contribution is 2.30. The topological polar surface area (TPSA) is 80.8 Å². The van der Waals surface area contributed by atoms with Crippen LogP contribution in [0.5, 0.6) is 11.5 Å². The van der Waals surface area contributed by atoms with Crippen molar-refractivity contribution < 1.29 is 17.9 Å². The highest BCUT2D eigenvalue weighted by atomic mass is 32.2. The number of rotatable bonds is 6. The van der Waals surface area contributed by atoms with Crippen molar-refractivity contribution in [1.29, 1.82) is 0 Å². The van der Waals surface area contributed by atoms with Gasteiger partial charge in [-0.25, -0.2) is 13.4 Å². The van der Waals surface area contributed by atoms with Crippen molar-refractivity contribution in [2.45, 2.75) is 24.7 Å². The van der Waals surface area contributed by atoms with Crippen LogP contribution in [0.2, 0.25) is 0 Å². The molecule has 1 atom stereocenters. The van der Waals surface area contributed by atoms with Crippen LogP contribution in [-0.2, 0) is 10.0 Å². The van der Waals surface area contributed by atoms with Crippen LogP contribution in [0.25, 0.3) is 0 Å². The van der Waals surface area contributed by atoms with Crippen molar-refractivity contribution in [2.24, 2.45) is 5.92 Å². The normalized spacial score (nSPS) is 17.4. The first-order valence-corrected chi connectivity index (χ1v) is 10.4. The molecule has 1 unspecified atom stereocenters. The van der Waals surface area contributed by atoms with E-state index in [4.69, 9.17) is 9.47 Å². The Morgan fingerprint density at radius 2 is 2.00 bits per heavy atom. The Kier molecular flexibility index (Phi) is 5.74. The number of piperidine rings is 1. The largest absolute Gasteiger partial charge is 0.497 e. The van der Waals surface area contributed by atoms with Crippen molar-refractivity contribution in [1.82, 2.24) is 4.98 Å². The Labute approximate surface area is 160 Å². The third-order valence-electron chi connectivity index (χ3n) is 4.67. The smallest absolute Gasteiger partial charge is 0.266 e. The molecule has 0 aliphatic carbocycles. The number of pyridine rings is 1. The molecule has 0 amide bonds. The first kappa shape index (κ1) is 19.3. The summed E-state index contributed by atoms with van der Waals surface area (Å²) in [6.45, 7) is 4.23. The quantitative estimate of drug-likeness (QED) is 0.815. The van der Waals surface area contributed by atoms with Crippen LogP contribution >= 0.6 is 0 Å². The van der Waals surface area contributed by atoms with Gasteiger partial charge < -0.3 is 14.4 Å². The third kappa shape index (κ3) is 4.44. The highest BCUT2D eigenvalue weighted by Gasteiger charge is 2.22. The molecular weight excluding hydrogens is 366 g/mol. The minimum Gasteiger partial charge on any atom is -0.497 e. The zero-order valence-electron chi connectivity index (χ0n) is 15.8. The van der Waals surface area contributed by atoms with Gasteiger partial charge >= 0.3 is 0 Å². The molecule has 1 aliphatic heterocycles. The lowest BCUT2D eigenvalue weighted by atomic mass is 10.00. The van der Waals surface area contributed by atoms with Crippen LogP contribution in [-0.4, -0.2) is 40.7 Å². The third-order valence-corrected chi connectivity index (χ3v) is 6.05. The zero-order valence-corrected chi connectivity index (χ0v) is 16.6. The van der Waals surface area contributed by atoms with Crippen LogP contribution < -0.4 is 19.1 Å². The van der Waals surface area contributed by atoms with Crippen molar-refractivity contribution >= 4 is 21.5 Å². The summed E-state index contributed by atoms with van der Waals surface area (Å²) in [7, 11) is -0.963. The number of anilines is 2. The molecular formula is C19H25N3O4S. The lowest BCUT2D eigenvalue weighted by Gasteiger charge is -2.32. The summed E-state index contributed by atoms with van der Waals surface area (Å²) in [5.41, 5.74) is 1.00. The fourth-order valence-electron chi connectivity index (χ4n) is 3.24. The highest BCUT2D eigenvalue weighted by molar-refractivity contribution is 7.92. The van der Waals surface area contributed by atoms with Crippen LogP contribution in [0.1, 0.15) is 19.8 Å². The number of methoxy groups -OCH3 is 2. The van der Waals surface area contributed by atoms with Gasteiger partial charge in [0.1, 0.15) is 22.2 Å². The number of ether oxygens (including phenoxy) is 2. The Bertz CT molecular complexity index is 884. The van der Waals surface area contributed by atoms with E-state index in [1.165, 1.54) is 26.7 Å². The maximum atomic E-state index is 12.8. The molecule has 2 aromatic rings. The van der Waals surface area contributed by atoms with E-state index in [2.05, 4.69) is 21.5 Å². The Morgan fingerprint density at radius 3 is 2.63 bits per heavy atom. The number of hydrogen-bond donors (Lipinski definition) is 1. The predicted molar refractivity (Wildman–Crippen MR) is 105 cm³/mol. The van der Waals surface area contributed by atoms with E-state index in [0.717, 1.165) is 25.2 Å². The van der Waals surface area contributed by atoms with E-state index < -0.39 is 10.0 Å². The Morgan fingerprint density at radius 1 is 1.19 bits per heavy atom. The van der Waals surface area contributed by atoms with Gasteiger partial charge in [-0.3, -0.25) is 4.72 Å². The molecule has 1 aromatic heterocycles. The summed E-state index contributed by atoms with van der Waals surface area (Å²) < 4.78 is 38.4. The second kappa shape index (κ2) is 8.04. The first-order chi connectivity index (χ1) is 12.9. The summed E-state index contributed by atoms with van der Waals surface area (Å²) in [6.07, 6.45) is 4.11. The number of sulfonamides is 1. The van der Waals surface area contributed by atoms with E-state index in [9.17, 15) is 8.42 Å². The van der Waals surface area contributed by atoms with Crippen molar-refractivity contribution in [2.75, 3.05) is 36.9 Å². The first-order valence-electron chi connectivity index (χ1n) is 8.89. The maximum absolute atomic E-state index is 12.8. The lowest BCUT2D eigenvalue weighted by Crippen LogP contribution is -2.34. The molecule has 1 fully saturated rings. The van der Waals surface area contributed by atoms with Gasteiger partial charge in [-0.05, 0) is 43.0 Å². The molecule has 0 saturated carbocycles. The molecule has 3 rings (SSSR count). The van der Waals surface area contributed by atoms with Crippen molar-refractivity contribution in [3.8, 4) is 11.5 Å². The molecule has 27 heavy (non-hydrogen) atoms. The molecule has 0 bridgehead atoms. The minimum atomic E-state index is -3.87. The van der Waals surface area contributed by atoms with E-state index >= 15 is 0 Å². The molecule has 1 aromatic carbocycles. The standard InChI is InChI=1S/C19H25N3O4S/c1-14-5-4-10-22(13-14)15-6-9-19(20-12-15)21-27(23,24)18-11-16(25-2)7-8-17(18)26-3/h6-9,11-12,14H,4-5,10,13H2,1-3H3,(H,20,21). The summed E-state index contributed by atoms with van der Waals surface area (Å²) in [5.74, 6) is 1.58. The van der Waals surface area contributed by atoms with Crippen molar-refractivity contribution in [3.63, 3.8) is 0 Å². The zero-order chi connectivity index (χ0) is 19.4. The fourth-order valence-corrected chi connectivity index (χ4v) is 4.44. The average Bonchev–Trinajstić information content (AvgIpc) is 2.67. The van der Waals surface area contributed by atoms with Gasteiger partial charge in [0.2, 0.25) is 0 Å². The second-order valence-electron chi connectivity index (χ2n) is 6.72. The van der Waals surface area contributed by atoms with Gasteiger partial charge in [-0.15, -0.1) is 0 Å². The van der Waals surface area contributed by atoms with E-state index in [0.29, 0.717) is 11.7 Å². The van der Waals surface area contributed by atoms with Gasteiger partial charge in [-0.1, -0.05) is 6.92 Å². The maximum Gasteiger partial charge on any atom is 0.266 e. The lowest BCUT2D eigenvalue weighted by molar-refractivity contribution is 0.392. The summed E-state index contributed by atoms with van der Waals surface area (Å²) in [4.78, 5) is 6.57. The van der Waals surface area contributed by atoms with Gasteiger partial charge in [0.15, 0.2) is 0 Å². The van der Waals surface area contributed by atoms with E-state index in [-0.39, 0.29) is 16.5 Å². The van der Waals surface area contributed by atoms with Gasteiger partial charge in [0, 0.05) is 19.2 Å². The predicted octanol–water partition coefficient (Wildman–Crippen LogP) is 3.14. The van der Waals surface area contributed by atoms with Crippen LogP contribution in [0.15, 0.2) is 41.4 Å². The van der Waals surface area contributed by atoms with Crippen LogP contribution in [0.3, 0.4) is 0 Å². The monoisotopic (exact) mass is 391 g/mol. The SMILES string of the molecule is COc1ccc(OC)c(S(=O)(=O)Nc2ccc(N3CCCC(C)C3)cn2)c1. The molecule has 1 aliphatic rings. The molecule has 1 saturated heterocycles. The van der Waals surface area contributed by atoms with Crippen molar-refractivity contribution in [3.05, 3.63) is 36.5 Å². The van der Waals surface area contributed by atoms with E-state index in [1.807, 2.05) is 6.07 Å². The Balaban J connectivity index is 1.80. The van der Waals surface area contributed by atoms with Crippen LogP contribution in [0, 0.1) is 5.92 Å². The molecule has 146 valence electrons. The molecule has 0 radical (unpaired) electrons.